The number of nitrogens with two attached hydrogens (primary N) is 1. The van der Waals surface area contributed by atoms with Crippen LogP contribution >= 0.6 is 0 Å². The molecule has 1 aliphatic rings. The molecule has 2 unspecified atom stereocenters. The van der Waals surface area contributed by atoms with E-state index in [0.29, 0.717) is 25.9 Å². The second-order valence-electron chi connectivity index (χ2n) is 8.53. The van der Waals surface area contributed by atoms with Crippen LogP contribution in [0.2, 0.25) is 0 Å². The number of ether oxygens (including phenoxy) is 1. The maximum atomic E-state index is 12.6. The summed E-state index contributed by atoms with van der Waals surface area (Å²) in [7, 11) is 3.53. The number of nitrogens with zero attached hydrogens (tertiary/aromatic N) is 1. The van der Waals surface area contributed by atoms with Gasteiger partial charge < -0.3 is 25.8 Å². The Labute approximate surface area is 180 Å². The normalized spacial score (nSPS) is 22.6. The first-order valence-electron chi connectivity index (χ1n) is 10.9. The van der Waals surface area contributed by atoms with Crippen LogP contribution in [-0.2, 0) is 10.2 Å². The predicted molar refractivity (Wildman–Crippen MR) is 118 cm³/mol. The molecule has 0 spiro atoms. The van der Waals surface area contributed by atoms with Gasteiger partial charge in [-0.3, -0.25) is 4.79 Å². The molecule has 1 aromatic rings. The van der Waals surface area contributed by atoms with Gasteiger partial charge in [-0.05, 0) is 51.3 Å². The molecule has 0 bridgehead atoms. The summed E-state index contributed by atoms with van der Waals surface area (Å²) < 4.78 is 5.50. The Bertz CT molecular complexity index is 767. The lowest BCUT2D eigenvalue weighted by atomic mass is 9.57. The van der Waals surface area contributed by atoms with Crippen LogP contribution < -0.4 is 15.8 Å². The molecule has 2 rings (SSSR count). The van der Waals surface area contributed by atoms with Crippen LogP contribution in [0.3, 0.4) is 0 Å². The van der Waals surface area contributed by atoms with E-state index in [-0.39, 0.29) is 29.2 Å². The number of hydrogen-bond acceptors (Lipinski definition) is 6. The van der Waals surface area contributed by atoms with Crippen LogP contribution in [0.5, 0.6) is 11.5 Å². The average molecular weight is 420 g/mol. The van der Waals surface area contributed by atoms with Gasteiger partial charge in [0, 0.05) is 50.0 Å². The molecule has 0 aliphatic heterocycles. The summed E-state index contributed by atoms with van der Waals surface area (Å²) in [6, 6.07) is 3.65. The van der Waals surface area contributed by atoms with E-state index < -0.39 is 11.5 Å². The van der Waals surface area contributed by atoms with E-state index in [9.17, 15) is 14.7 Å². The molecule has 1 amide bonds. The lowest BCUT2D eigenvalue weighted by Gasteiger charge is -2.47. The lowest BCUT2D eigenvalue weighted by molar-refractivity contribution is -0.124. The van der Waals surface area contributed by atoms with Gasteiger partial charge in [0.2, 0.25) is 0 Å². The smallest absolute Gasteiger partial charge is 0.415 e. The van der Waals surface area contributed by atoms with Crippen molar-refractivity contribution in [2.75, 3.05) is 27.2 Å². The van der Waals surface area contributed by atoms with Crippen molar-refractivity contribution < 1.29 is 19.4 Å². The van der Waals surface area contributed by atoms with Gasteiger partial charge in [0.25, 0.3) is 0 Å². The van der Waals surface area contributed by atoms with Crippen molar-refractivity contribution >= 4 is 11.9 Å². The highest BCUT2D eigenvalue weighted by Gasteiger charge is 2.48. The summed E-state index contributed by atoms with van der Waals surface area (Å²) in [4.78, 5) is 26.4. The second kappa shape index (κ2) is 10.3. The molecule has 1 fully saturated rings. The molecule has 0 heterocycles. The highest BCUT2D eigenvalue weighted by molar-refractivity contribution is 5.82. The number of rotatable bonds is 8. The highest BCUT2D eigenvalue weighted by Crippen LogP contribution is 2.53. The number of aryl methyl sites for hydroxylation is 1. The standard InChI is InChI=1S/C23H37N3O4/c1-6-11-23(14-17(27)8-9-18(23)16(3)25-4)20-15(2)7-10-19(21(20)28)30-22(29)26(5)13-12-24/h7,10,16,18,25,28H,6,8-9,11-14,24H2,1-5H3/t16?,18?,23-/m1/s1. The van der Waals surface area contributed by atoms with Crippen LogP contribution in [0.15, 0.2) is 12.1 Å². The van der Waals surface area contributed by atoms with Crippen molar-refractivity contribution in [3.05, 3.63) is 23.3 Å². The number of nitrogens with one attached hydrogen (secondary N) is 1. The highest BCUT2D eigenvalue weighted by atomic mass is 16.6. The van der Waals surface area contributed by atoms with E-state index in [4.69, 9.17) is 10.5 Å². The number of carbonyl (C=O) groups is 2. The van der Waals surface area contributed by atoms with Crippen molar-refractivity contribution in [3.63, 3.8) is 0 Å². The number of phenols is 1. The van der Waals surface area contributed by atoms with Gasteiger partial charge in [-0.1, -0.05) is 19.4 Å². The van der Waals surface area contributed by atoms with Gasteiger partial charge in [-0.25, -0.2) is 4.79 Å². The molecule has 0 saturated heterocycles. The van der Waals surface area contributed by atoms with E-state index in [2.05, 4.69) is 19.2 Å². The third kappa shape index (κ3) is 4.78. The van der Waals surface area contributed by atoms with Gasteiger partial charge in [0.1, 0.15) is 5.78 Å². The third-order valence-electron chi connectivity index (χ3n) is 6.53. The number of ketones is 1. The van der Waals surface area contributed by atoms with E-state index >= 15 is 0 Å². The molecule has 1 aromatic carbocycles. The van der Waals surface area contributed by atoms with Gasteiger partial charge in [-0.2, -0.15) is 0 Å². The maximum Gasteiger partial charge on any atom is 0.415 e. The minimum Gasteiger partial charge on any atom is -0.504 e. The zero-order chi connectivity index (χ0) is 22.5. The summed E-state index contributed by atoms with van der Waals surface area (Å²) in [5.41, 5.74) is 6.64. The monoisotopic (exact) mass is 419 g/mol. The topological polar surface area (TPSA) is 105 Å². The number of aromatic hydroxyl groups is 1. The molecule has 7 heteroatoms. The molecule has 1 saturated carbocycles. The first kappa shape index (κ1) is 24.2. The van der Waals surface area contributed by atoms with E-state index in [0.717, 1.165) is 30.4 Å². The van der Waals surface area contributed by atoms with Crippen LogP contribution in [-0.4, -0.2) is 55.1 Å². The van der Waals surface area contributed by atoms with E-state index in [1.165, 1.54) is 4.90 Å². The molecular formula is C23H37N3O4. The lowest BCUT2D eigenvalue weighted by Crippen LogP contribution is -2.50. The quantitative estimate of drug-likeness (QED) is 0.598. The summed E-state index contributed by atoms with van der Waals surface area (Å²) in [5, 5.41) is 14.6. The molecular weight excluding hydrogens is 382 g/mol. The second-order valence-corrected chi connectivity index (χ2v) is 8.53. The van der Waals surface area contributed by atoms with Gasteiger partial charge in [0.15, 0.2) is 11.5 Å². The third-order valence-corrected chi connectivity index (χ3v) is 6.53. The van der Waals surface area contributed by atoms with E-state index in [1.54, 1.807) is 13.1 Å². The van der Waals surface area contributed by atoms with Crippen molar-refractivity contribution in [1.82, 2.24) is 10.2 Å². The van der Waals surface area contributed by atoms with Gasteiger partial charge in [0.05, 0.1) is 0 Å². The molecule has 168 valence electrons. The summed E-state index contributed by atoms with van der Waals surface area (Å²) in [5.74, 6) is 0.470. The number of Topliss-reactive ketones (excluding diaryl/α,β-unsaturated/α-hetero) is 1. The molecule has 1 aliphatic carbocycles. The molecule has 4 N–H and O–H groups in total. The fraction of sp³-hybridized carbons (Fsp3) is 0.652. The number of carbonyl (C=O) groups excluding carboxylic acids is 2. The zero-order valence-corrected chi connectivity index (χ0v) is 19.0. The van der Waals surface area contributed by atoms with E-state index in [1.807, 2.05) is 20.0 Å². The Balaban J connectivity index is 2.58. The molecule has 0 aromatic heterocycles. The average Bonchev–Trinajstić information content (AvgIpc) is 2.70. The molecule has 7 nitrogen and oxygen atoms in total. The molecule has 0 radical (unpaired) electrons. The van der Waals surface area contributed by atoms with Crippen LogP contribution in [0, 0.1) is 12.8 Å². The number of benzene rings is 1. The zero-order valence-electron chi connectivity index (χ0n) is 19.0. The fourth-order valence-corrected chi connectivity index (χ4v) is 5.05. The van der Waals surface area contributed by atoms with Crippen molar-refractivity contribution in [3.8, 4) is 11.5 Å². The Morgan fingerprint density at radius 3 is 2.77 bits per heavy atom. The Kier molecular flexibility index (Phi) is 8.26. The van der Waals surface area contributed by atoms with Crippen molar-refractivity contribution in [1.29, 1.82) is 0 Å². The number of hydrogen-bond donors (Lipinski definition) is 3. The summed E-state index contributed by atoms with van der Waals surface area (Å²) >= 11 is 0. The largest absolute Gasteiger partial charge is 0.504 e. The van der Waals surface area contributed by atoms with Gasteiger partial charge in [-0.15, -0.1) is 0 Å². The Morgan fingerprint density at radius 1 is 1.47 bits per heavy atom. The van der Waals surface area contributed by atoms with Crippen LogP contribution in [0.1, 0.15) is 57.1 Å². The number of amides is 1. The SMILES string of the molecule is CCC[C@@]1(c2c(C)ccc(OC(=O)N(C)CCN)c2O)CC(=O)CCC1C(C)NC. The van der Waals surface area contributed by atoms with Crippen LogP contribution in [0.4, 0.5) is 4.79 Å². The Morgan fingerprint density at radius 2 is 2.17 bits per heavy atom. The van der Waals surface area contributed by atoms with Crippen LogP contribution in [0.25, 0.3) is 0 Å². The van der Waals surface area contributed by atoms with Gasteiger partial charge >= 0.3 is 6.09 Å². The minimum absolute atomic E-state index is 0.0408. The van der Waals surface area contributed by atoms with Crippen molar-refractivity contribution in [2.24, 2.45) is 11.7 Å². The molecule has 30 heavy (non-hydrogen) atoms. The summed E-state index contributed by atoms with van der Waals surface area (Å²) in [6.45, 7) is 6.85. The summed E-state index contributed by atoms with van der Waals surface area (Å²) in [6.07, 6.45) is 2.78. The Hall–Kier alpha value is -2.12. The minimum atomic E-state index is -0.574. The van der Waals surface area contributed by atoms with Crippen molar-refractivity contribution in [2.45, 2.75) is 64.3 Å². The molecule has 3 atom stereocenters. The first-order chi connectivity index (χ1) is 14.2. The fourth-order valence-electron chi connectivity index (χ4n) is 5.05. The number of phenolic OH excluding ortho intramolecular Hbond substituents is 1. The number of likely N-dealkylation sites (N-methyl/N-ethyl adjacent to an activating group) is 1. The maximum absolute atomic E-state index is 12.6. The predicted octanol–water partition coefficient (Wildman–Crippen LogP) is 3.10. The first-order valence-corrected chi connectivity index (χ1v) is 10.9.